The predicted octanol–water partition coefficient (Wildman–Crippen LogP) is 3.31. The summed E-state index contributed by atoms with van der Waals surface area (Å²) in [4.78, 5) is 15.3. The van der Waals surface area contributed by atoms with Crippen LogP contribution in [-0.4, -0.2) is 37.3 Å². The number of H-pyrrole nitrogens is 1. The second-order valence-electron chi connectivity index (χ2n) is 6.75. The fourth-order valence-electron chi connectivity index (χ4n) is 3.75. The molecule has 6 nitrogen and oxygen atoms in total. The van der Waals surface area contributed by atoms with E-state index in [1.54, 1.807) is 0 Å². The first-order valence-corrected chi connectivity index (χ1v) is 8.89. The molecule has 0 aromatic carbocycles. The van der Waals surface area contributed by atoms with E-state index in [4.69, 9.17) is 0 Å². The van der Waals surface area contributed by atoms with Gasteiger partial charge < -0.3 is 4.90 Å². The van der Waals surface area contributed by atoms with E-state index >= 15 is 0 Å². The molecule has 6 heteroatoms. The van der Waals surface area contributed by atoms with Crippen molar-refractivity contribution >= 4 is 5.91 Å². The summed E-state index contributed by atoms with van der Waals surface area (Å²) in [5.41, 5.74) is 4.77. The molecule has 3 rings (SSSR count). The first-order chi connectivity index (χ1) is 11.5. The van der Waals surface area contributed by atoms with Gasteiger partial charge in [0.25, 0.3) is 5.91 Å². The summed E-state index contributed by atoms with van der Waals surface area (Å²) in [5.74, 6) is 0.103. The number of rotatable bonds is 4. The quantitative estimate of drug-likeness (QED) is 0.936. The summed E-state index contributed by atoms with van der Waals surface area (Å²) in [6.45, 7) is 9.75. The minimum Gasteiger partial charge on any atom is -0.330 e. The van der Waals surface area contributed by atoms with Crippen LogP contribution in [0.5, 0.6) is 0 Å². The van der Waals surface area contributed by atoms with Crippen LogP contribution < -0.4 is 0 Å². The van der Waals surface area contributed by atoms with Crippen LogP contribution in [-0.2, 0) is 6.54 Å². The molecule has 0 spiro atoms. The highest BCUT2D eigenvalue weighted by Gasteiger charge is 2.33. The minimum atomic E-state index is 0.0853. The smallest absolute Gasteiger partial charge is 0.258 e. The zero-order chi connectivity index (χ0) is 17.3. The molecule has 24 heavy (non-hydrogen) atoms. The van der Waals surface area contributed by atoms with Crippen molar-refractivity contribution in [2.75, 3.05) is 6.54 Å². The first-order valence-electron chi connectivity index (χ1n) is 8.89. The molecule has 1 aliphatic heterocycles. The van der Waals surface area contributed by atoms with Gasteiger partial charge in [-0.05, 0) is 52.0 Å². The molecule has 0 saturated carbocycles. The maximum absolute atomic E-state index is 13.3. The topological polar surface area (TPSA) is 66.8 Å². The van der Waals surface area contributed by atoms with E-state index in [1.165, 1.54) is 0 Å². The summed E-state index contributed by atoms with van der Waals surface area (Å²) in [5, 5.41) is 11.8. The van der Waals surface area contributed by atoms with Crippen molar-refractivity contribution in [2.24, 2.45) is 0 Å². The van der Waals surface area contributed by atoms with Gasteiger partial charge in [-0.25, -0.2) is 0 Å². The van der Waals surface area contributed by atoms with Crippen LogP contribution >= 0.6 is 0 Å². The zero-order valence-electron chi connectivity index (χ0n) is 15.1. The van der Waals surface area contributed by atoms with Crippen LogP contribution in [0.2, 0.25) is 0 Å². The molecule has 1 N–H and O–H groups in total. The third-order valence-electron chi connectivity index (χ3n) is 5.00. The molecule has 3 heterocycles. The Morgan fingerprint density at radius 3 is 2.79 bits per heavy atom. The average molecular weight is 329 g/mol. The van der Waals surface area contributed by atoms with E-state index in [9.17, 15) is 4.79 Å². The SMILES string of the molecule is CCCn1nc(C)c(C(=O)N2CCCC[C@@H]2c2[nH]ncc2C)c1C. The van der Waals surface area contributed by atoms with Crippen molar-refractivity contribution in [3.8, 4) is 0 Å². The number of nitrogens with zero attached hydrogens (tertiary/aromatic N) is 4. The molecule has 1 fully saturated rings. The monoisotopic (exact) mass is 329 g/mol. The van der Waals surface area contributed by atoms with Crippen LogP contribution in [0.15, 0.2) is 6.20 Å². The molecular formula is C18H27N5O. The predicted molar refractivity (Wildman–Crippen MR) is 92.9 cm³/mol. The van der Waals surface area contributed by atoms with E-state index in [0.717, 1.165) is 67.0 Å². The van der Waals surface area contributed by atoms with Gasteiger partial charge in [-0.2, -0.15) is 10.2 Å². The van der Waals surface area contributed by atoms with Gasteiger partial charge >= 0.3 is 0 Å². The summed E-state index contributed by atoms with van der Waals surface area (Å²) >= 11 is 0. The molecule has 0 aliphatic carbocycles. The van der Waals surface area contributed by atoms with Gasteiger partial charge in [0.2, 0.25) is 0 Å². The Hall–Kier alpha value is -2.11. The van der Waals surface area contributed by atoms with Gasteiger partial charge in [0.15, 0.2) is 0 Å². The van der Waals surface area contributed by atoms with Gasteiger partial charge in [0, 0.05) is 18.8 Å². The molecule has 0 unspecified atom stereocenters. The van der Waals surface area contributed by atoms with Crippen molar-refractivity contribution in [1.82, 2.24) is 24.9 Å². The molecule has 1 saturated heterocycles. The third-order valence-corrected chi connectivity index (χ3v) is 5.00. The second kappa shape index (κ2) is 6.79. The lowest BCUT2D eigenvalue weighted by molar-refractivity contribution is 0.0603. The molecule has 1 aliphatic rings. The number of aromatic nitrogens is 4. The fourth-order valence-corrected chi connectivity index (χ4v) is 3.75. The maximum atomic E-state index is 13.3. The molecule has 2 aromatic heterocycles. The van der Waals surface area contributed by atoms with Gasteiger partial charge in [-0.1, -0.05) is 6.92 Å². The van der Waals surface area contributed by atoms with Crippen LogP contribution in [0, 0.1) is 20.8 Å². The fraction of sp³-hybridized carbons (Fsp3) is 0.611. The molecule has 1 amide bonds. The highest BCUT2D eigenvalue weighted by atomic mass is 16.2. The largest absolute Gasteiger partial charge is 0.330 e. The zero-order valence-corrected chi connectivity index (χ0v) is 15.1. The van der Waals surface area contributed by atoms with E-state index in [-0.39, 0.29) is 11.9 Å². The Balaban J connectivity index is 1.94. The van der Waals surface area contributed by atoms with Crippen molar-refractivity contribution in [2.45, 2.75) is 66.0 Å². The Labute approximate surface area is 143 Å². The van der Waals surface area contributed by atoms with Gasteiger partial charge in [0.05, 0.1) is 29.2 Å². The standard InChI is InChI=1S/C18H27N5O/c1-5-9-23-14(4)16(13(3)21-23)18(24)22-10-7-6-8-15(22)17-12(2)11-19-20-17/h11,15H,5-10H2,1-4H3,(H,19,20)/t15-/m1/s1. The average Bonchev–Trinajstić information content (AvgIpc) is 3.11. The number of aryl methyl sites for hydroxylation is 3. The molecule has 130 valence electrons. The van der Waals surface area contributed by atoms with Gasteiger partial charge in [-0.3, -0.25) is 14.6 Å². The number of hydrogen-bond acceptors (Lipinski definition) is 3. The Kier molecular flexibility index (Phi) is 4.73. The highest BCUT2D eigenvalue weighted by molar-refractivity contribution is 5.96. The summed E-state index contributed by atoms with van der Waals surface area (Å²) in [6.07, 6.45) is 6.02. The number of hydrogen-bond donors (Lipinski definition) is 1. The number of nitrogens with one attached hydrogen (secondary N) is 1. The number of likely N-dealkylation sites (tertiary alicyclic amines) is 1. The van der Waals surface area contributed by atoms with Gasteiger partial charge in [0.1, 0.15) is 0 Å². The number of amides is 1. The molecule has 1 atom stereocenters. The van der Waals surface area contributed by atoms with Crippen molar-refractivity contribution < 1.29 is 4.79 Å². The Morgan fingerprint density at radius 2 is 2.12 bits per heavy atom. The highest BCUT2D eigenvalue weighted by Crippen LogP contribution is 2.33. The number of piperidine rings is 1. The van der Waals surface area contributed by atoms with Crippen LogP contribution in [0.3, 0.4) is 0 Å². The lowest BCUT2D eigenvalue weighted by Crippen LogP contribution is -2.39. The molecule has 0 radical (unpaired) electrons. The minimum absolute atomic E-state index is 0.0853. The van der Waals surface area contributed by atoms with Crippen LogP contribution in [0.1, 0.15) is 71.7 Å². The Bertz CT molecular complexity index is 730. The lowest BCUT2D eigenvalue weighted by Gasteiger charge is -2.35. The van der Waals surface area contributed by atoms with E-state index in [1.807, 2.05) is 36.5 Å². The van der Waals surface area contributed by atoms with Crippen molar-refractivity contribution in [3.05, 3.63) is 34.4 Å². The number of carbonyl (C=O) groups is 1. The summed E-state index contributed by atoms with van der Waals surface area (Å²) in [7, 11) is 0. The molecule has 0 bridgehead atoms. The lowest BCUT2D eigenvalue weighted by atomic mass is 9.96. The molecular weight excluding hydrogens is 302 g/mol. The van der Waals surface area contributed by atoms with Crippen LogP contribution in [0.4, 0.5) is 0 Å². The number of aromatic amines is 1. The van der Waals surface area contributed by atoms with Crippen LogP contribution in [0.25, 0.3) is 0 Å². The van der Waals surface area contributed by atoms with Crippen molar-refractivity contribution in [1.29, 1.82) is 0 Å². The summed E-state index contributed by atoms with van der Waals surface area (Å²) < 4.78 is 1.96. The van der Waals surface area contributed by atoms with E-state index in [0.29, 0.717) is 0 Å². The second-order valence-corrected chi connectivity index (χ2v) is 6.75. The van der Waals surface area contributed by atoms with E-state index < -0.39 is 0 Å². The first kappa shape index (κ1) is 16.7. The Morgan fingerprint density at radius 1 is 1.33 bits per heavy atom. The third kappa shape index (κ3) is 2.85. The summed E-state index contributed by atoms with van der Waals surface area (Å²) in [6, 6.07) is 0.0853. The maximum Gasteiger partial charge on any atom is 0.258 e. The van der Waals surface area contributed by atoms with Crippen molar-refractivity contribution in [3.63, 3.8) is 0 Å². The van der Waals surface area contributed by atoms with E-state index in [2.05, 4.69) is 22.2 Å². The normalized spacial score (nSPS) is 18.2. The van der Waals surface area contributed by atoms with Gasteiger partial charge in [-0.15, -0.1) is 0 Å². The molecule has 2 aromatic rings. The number of carbonyl (C=O) groups excluding carboxylic acids is 1.